The molecule has 1 aromatic carbocycles. The summed E-state index contributed by atoms with van der Waals surface area (Å²) in [7, 11) is 0. The molecule has 1 amide bonds. The topological polar surface area (TPSA) is 114 Å². The van der Waals surface area contributed by atoms with Crippen molar-refractivity contribution in [3.8, 4) is 5.88 Å². The zero-order chi connectivity index (χ0) is 13.8. The number of aromatic nitrogens is 1. The lowest BCUT2D eigenvalue weighted by Crippen LogP contribution is -2.34. The minimum absolute atomic E-state index is 0.0113. The van der Waals surface area contributed by atoms with Crippen molar-refractivity contribution in [1.82, 2.24) is 5.16 Å². The molecule has 102 valence electrons. The number of primary amides is 1. The summed E-state index contributed by atoms with van der Waals surface area (Å²) in [6.07, 6.45) is -0.864. The number of nitrogens with two attached hydrogens (primary N) is 2. The van der Waals surface area contributed by atoms with Gasteiger partial charge in [0.2, 0.25) is 0 Å². The van der Waals surface area contributed by atoms with Gasteiger partial charge in [0.25, 0.3) is 5.88 Å². The Hall–Kier alpha value is -1.55. The predicted molar refractivity (Wildman–Crippen MR) is 75.7 cm³/mol. The van der Waals surface area contributed by atoms with Gasteiger partial charge in [-0.15, -0.1) is 0 Å². The van der Waals surface area contributed by atoms with Gasteiger partial charge in [0.1, 0.15) is 13.2 Å². The molecule has 0 aliphatic carbocycles. The molecule has 1 aromatic heterocycles. The van der Waals surface area contributed by atoms with Crippen LogP contribution < -0.4 is 16.2 Å². The molecular formula is C11H12IN3O4. The van der Waals surface area contributed by atoms with Crippen molar-refractivity contribution in [1.29, 1.82) is 0 Å². The van der Waals surface area contributed by atoms with Gasteiger partial charge in [-0.25, -0.2) is 4.79 Å². The summed E-state index contributed by atoms with van der Waals surface area (Å²) >= 11 is 2.18. The Balaban J connectivity index is 1.98. The summed E-state index contributed by atoms with van der Waals surface area (Å²) < 4.78 is 16.2. The molecule has 0 saturated carbocycles. The van der Waals surface area contributed by atoms with Gasteiger partial charge < -0.3 is 25.5 Å². The van der Waals surface area contributed by atoms with E-state index < -0.39 is 12.1 Å². The molecule has 0 aliphatic heterocycles. The van der Waals surface area contributed by atoms with Crippen LogP contribution in [0.4, 0.5) is 4.79 Å². The molecule has 8 heteroatoms. The van der Waals surface area contributed by atoms with Crippen LogP contribution in [0.3, 0.4) is 0 Å². The Morgan fingerprint density at radius 2 is 2.26 bits per heavy atom. The van der Waals surface area contributed by atoms with Crippen molar-refractivity contribution >= 4 is 39.7 Å². The SMILES string of the molecule is NC(=O)OCC(N)COc1noc2ccc(I)cc12. The lowest BCUT2D eigenvalue weighted by Gasteiger charge is -2.10. The summed E-state index contributed by atoms with van der Waals surface area (Å²) in [6, 6.07) is 5.13. The minimum Gasteiger partial charge on any atom is -0.473 e. The fraction of sp³-hybridized carbons (Fsp3) is 0.273. The third kappa shape index (κ3) is 3.70. The van der Waals surface area contributed by atoms with E-state index in [4.69, 9.17) is 20.7 Å². The van der Waals surface area contributed by atoms with Crippen LogP contribution in [0.5, 0.6) is 5.88 Å². The highest BCUT2D eigenvalue weighted by Gasteiger charge is 2.12. The molecule has 0 radical (unpaired) electrons. The normalized spacial score (nSPS) is 12.3. The Morgan fingerprint density at radius 1 is 1.47 bits per heavy atom. The van der Waals surface area contributed by atoms with Gasteiger partial charge in [0.05, 0.1) is 11.4 Å². The predicted octanol–water partition coefficient (Wildman–Crippen LogP) is 1.23. The molecule has 1 atom stereocenters. The first-order chi connectivity index (χ1) is 9.06. The van der Waals surface area contributed by atoms with Crippen LogP contribution in [-0.2, 0) is 4.74 Å². The number of halogens is 1. The molecule has 0 fully saturated rings. The van der Waals surface area contributed by atoms with Crippen LogP contribution in [0.2, 0.25) is 0 Å². The minimum atomic E-state index is -0.864. The summed E-state index contributed by atoms with van der Waals surface area (Å²) in [4.78, 5) is 10.4. The Morgan fingerprint density at radius 3 is 3.00 bits per heavy atom. The number of nitrogens with zero attached hydrogens (tertiary/aromatic N) is 1. The second-order valence-electron chi connectivity index (χ2n) is 3.83. The van der Waals surface area contributed by atoms with Crippen LogP contribution >= 0.6 is 22.6 Å². The van der Waals surface area contributed by atoms with E-state index >= 15 is 0 Å². The summed E-state index contributed by atoms with van der Waals surface area (Å²) in [5.74, 6) is 0.364. The van der Waals surface area contributed by atoms with Crippen LogP contribution in [0.15, 0.2) is 22.7 Å². The van der Waals surface area contributed by atoms with Crippen LogP contribution in [0.25, 0.3) is 11.0 Å². The number of benzene rings is 1. The summed E-state index contributed by atoms with van der Waals surface area (Å²) in [6.45, 7) is 0.128. The highest BCUT2D eigenvalue weighted by atomic mass is 127. The zero-order valence-electron chi connectivity index (χ0n) is 9.84. The van der Waals surface area contributed by atoms with E-state index in [-0.39, 0.29) is 13.2 Å². The third-order valence-corrected chi connectivity index (χ3v) is 2.94. The highest BCUT2D eigenvalue weighted by molar-refractivity contribution is 14.1. The van der Waals surface area contributed by atoms with Crippen LogP contribution in [0.1, 0.15) is 0 Å². The van der Waals surface area contributed by atoms with Crippen molar-refractivity contribution in [2.24, 2.45) is 11.5 Å². The second kappa shape index (κ2) is 6.06. The van der Waals surface area contributed by atoms with E-state index in [0.717, 1.165) is 8.96 Å². The van der Waals surface area contributed by atoms with E-state index in [9.17, 15) is 4.79 Å². The van der Waals surface area contributed by atoms with Crippen molar-refractivity contribution < 1.29 is 18.8 Å². The summed E-state index contributed by atoms with van der Waals surface area (Å²) in [5, 5.41) is 4.59. The number of carbonyl (C=O) groups is 1. The first kappa shape index (κ1) is 13.9. The smallest absolute Gasteiger partial charge is 0.404 e. The first-order valence-electron chi connectivity index (χ1n) is 5.42. The maximum Gasteiger partial charge on any atom is 0.404 e. The molecule has 0 aliphatic rings. The van der Waals surface area contributed by atoms with Crippen molar-refractivity contribution in [3.63, 3.8) is 0 Å². The van der Waals surface area contributed by atoms with E-state index in [0.29, 0.717) is 11.5 Å². The monoisotopic (exact) mass is 377 g/mol. The zero-order valence-corrected chi connectivity index (χ0v) is 12.0. The maximum atomic E-state index is 10.4. The number of fused-ring (bicyclic) bond motifs is 1. The van der Waals surface area contributed by atoms with Gasteiger partial charge in [-0.2, -0.15) is 0 Å². The van der Waals surface area contributed by atoms with Gasteiger partial charge in [-0.1, -0.05) is 0 Å². The van der Waals surface area contributed by atoms with Crippen molar-refractivity contribution in [2.45, 2.75) is 6.04 Å². The Kier molecular flexibility index (Phi) is 4.43. The van der Waals surface area contributed by atoms with E-state index in [1.807, 2.05) is 18.2 Å². The van der Waals surface area contributed by atoms with Gasteiger partial charge in [-0.3, -0.25) is 0 Å². The average molecular weight is 377 g/mol. The Bertz CT molecular complexity index is 586. The van der Waals surface area contributed by atoms with Crippen molar-refractivity contribution in [2.75, 3.05) is 13.2 Å². The first-order valence-corrected chi connectivity index (χ1v) is 6.49. The highest BCUT2D eigenvalue weighted by Crippen LogP contribution is 2.26. The van der Waals surface area contributed by atoms with E-state index in [1.54, 1.807) is 0 Å². The van der Waals surface area contributed by atoms with Crippen molar-refractivity contribution in [3.05, 3.63) is 21.8 Å². The molecule has 1 heterocycles. The molecule has 2 aromatic rings. The third-order valence-electron chi connectivity index (χ3n) is 2.27. The molecule has 0 spiro atoms. The fourth-order valence-electron chi connectivity index (χ4n) is 1.42. The molecular weight excluding hydrogens is 365 g/mol. The van der Waals surface area contributed by atoms with Gasteiger partial charge in [0, 0.05) is 3.57 Å². The van der Waals surface area contributed by atoms with Gasteiger partial charge in [0.15, 0.2) is 5.58 Å². The molecule has 0 saturated heterocycles. The largest absolute Gasteiger partial charge is 0.473 e. The number of amides is 1. The molecule has 1 unspecified atom stereocenters. The average Bonchev–Trinajstić information content (AvgIpc) is 2.76. The van der Waals surface area contributed by atoms with Gasteiger partial charge in [-0.05, 0) is 45.9 Å². The number of hydrogen-bond acceptors (Lipinski definition) is 6. The van der Waals surface area contributed by atoms with Gasteiger partial charge >= 0.3 is 6.09 Å². The number of ether oxygens (including phenoxy) is 2. The lowest BCUT2D eigenvalue weighted by molar-refractivity contribution is 0.136. The molecule has 19 heavy (non-hydrogen) atoms. The number of carbonyl (C=O) groups excluding carboxylic acids is 1. The summed E-state index contributed by atoms with van der Waals surface area (Å²) in [5.41, 5.74) is 11.2. The maximum absolute atomic E-state index is 10.4. The van der Waals surface area contributed by atoms with Crippen LogP contribution in [-0.4, -0.2) is 30.5 Å². The van der Waals surface area contributed by atoms with E-state index in [2.05, 4.69) is 32.5 Å². The standard InChI is InChI=1S/C11H12IN3O4/c12-6-1-2-9-8(3-6)10(15-19-9)17-4-7(13)5-18-11(14)16/h1-3,7H,4-5,13H2,(H2,14,16). The molecule has 4 N–H and O–H groups in total. The fourth-order valence-corrected chi connectivity index (χ4v) is 1.91. The van der Waals surface area contributed by atoms with E-state index in [1.165, 1.54) is 0 Å². The lowest BCUT2D eigenvalue weighted by atomic mass is 10.2. The Labute approximate surface area is 122 Å². The number of hydrogen-bond donors (Lipinski definition) is 2. The van der Waals surface area contributed by atoms with Crippen LogP contribution in [0, 0.1) is 3.57 Å². The molecule has 7 nitrogen and oxygen atoms in total. The molecule has 0 bridgehead atoms. The second-order valence-corrected chi connectivity index (χ2v) is 5.07. The quantitative estimate of drug-likeness (QED) is 0.758. The molecule has 2 rings (SSSR count). The number of rotatable bonds is 5.